The van der Waals surface area contributed by atoms with Gasteiger partial charge in [0.2, 0.25) is 5.91 Å². The molecule has 0 aliphatic rings. The van der Waals surface area contributed by atoms with Gasteiger partial charge in [0.15, 0.2) is 6.04 Å². The highest BCUT2D eigenvalue weighted by Crippen LogP contribution is 2.43. The summed E-state index contributed by atoms with van der Waals surface area (Å²) in [6, 6.07) is -1.54. The molecule has 12 heteroatoms. The van der Waals surface area contributed by atoms with Crippen LogP contribution in [0.5, 0.6) is 0 Å². The number of phosphoric acid groups is 1. The Morgan fingerprint density at radius 1 is 0.463 bits per heavy atom. The monoisotopic (exact) mass is 972 g/mol. The number of esters is 1. The molecule has 0 bridgehead atoms. The number of hydrogen-bond donors (Lipinski definition) is 4. The molecule has 4 N–H and O–H groups in total. The van der Waals surface area contributed by atoms with Crippen LogP contribution in [-0.4, -0.2) is 64.9 Å². The molecule has 0 aromatic heterocycles. The first kappa shape index (κ1) is 65.2. The van der Waals surface area contributed by atoms with E-state index in [4.69, 9.17) is 13.8 Å². The number of aliphatic carboxylic acids is 1. The summed E-state index contributed by atoms with van der Waals surface area (Å²) >= 11 is 0. The van der Waals surface area contributed by atoms with Gasteiger partial charge in [-0.2, -0.15) is 0 Å². The van der Waals surface area contributed by atoms with Crippen molar-refractivity contribution >= 4 is 25.7 Å². The number of aliphatic hydroxyl groups excluding tert-OH is 1. The van der Waals surface area contributed by atoms with Gasteiger partial charge in [0.05, 0.1) is 13.2 Å². The lowest BCUT2D eigenvalue weighted by Crippen LogP contribution is -2.43. The third kappa shape index (κ3) is 50.4. The molecule has 11 nitrogen and oxygen atoms in total. The molecule has 3 unspecified atom stereocenters. The van der Waals surface area contributed by atoms with Crippen LogP contribution in [0.25, 0.3) is 0 Å². The summed E-state index contributed by atoms with van der Waals surface area (Å²) in [6.07, 6.45) is 55.3. The highest BCUT2D eigenvalue weighted by Gasteiger charge is 2.28. The van der Waals surface area contributed by atoms with Gasteiger partial charge < -0.3 is 25.2 Å². The largest absolute Gasteiger partial charge is 0.480 e. The third-order valence-electron chi connectivity index (χ3n) is 12.8. The topological polar surface area (TPSA) is 169 Å². The standard InChI is InChI=1S/C55H106NO10P/c1-3-5-7-9-11-13-15-17-19-21-23-24-25-26-27-29-30-32-34-36-38-40-42-44-46-53(58)56-52(55(60)61)50-66-67(62,63)65-49-51(57)48-64-54(59)47-45-43-41-39-37-35-33-31-28-22-20-18-16-14-12-10-8-6-4-2/h18,20,51-52,57H,3-17,19,21-50H2,1-2H3,(H,56,58)(H,60,61)(H,62,63)/b20-18+. The van der Waals surface area contributed by atoms with E-state index in [0.717, 1.165) is 38.5 Å². The molecule has 0 aromatic carbocycles. The molecule has 0 heterocycles. The first-order valence-electron chi connectivity index (χ1n) is 28.2. The Morgan fingerprint density at radius 2 is 0.776 bits per heavy atom. The van der Waals surface area contributed by atoms with Crippen LogP contribution in [-0.2, 0) is 32.7 Å². The number of amides is 1. The van der Waals surface area contributed by atoms with E-state index in [1.807, 2.05) is 0 Å². The molecule has 0 spiro atoms. The van der Waals surface area contributed by atoms with E-state index >= 15 is 0 Å². The maximum atomic E-state index is 12.4. The second kappa shape index (κ2) is 50.6. The van der Waals surface area contributed by atoms with E-state index in [-0.39, 0.29) is 12.8 Å². The second-order valence-corrected chi connectivity index (χ2v) is 20.9. The van der Waals surface area contributed by atoms with Crippen molar-refractivity contribution in [3.05, 3.63) is 12.2 Å². The minimum atomic E-state index is -4.76. The molecule has 0 fully saturated rings. The number of nitrogens with one attached hydrogen (secondary N) is 1. The Labute approximate surface area is 411 Å². The molecular formula is C55H106NO10P. The van der Waals surface area contributed by atoms with Crippen LogP contribution in [0.4, 0.5) is 0 Å². The van der Waals surface area contributed by atoms with Crippen molar-refractivity contribution in [1.82, 2.24) is 5.32 Å². The van der Waals surface area contributed by atoms with Gasteiger partial charge >= 0.3 is 19.8 Å². The zero-order chi connectivity index (χ0) is 49.2. The zero-order valence-electron chi connectivity index (χ0n) is 43.5. The van der Waals surface area contributed by atoms with E-state index < -0.39 is 57.6 Å². The summed E-state index contributed by atoms with van der Waals surface area (Å²) in [5, 5.41) is 22.0. The Balaban J connectivity index is 3.75. The van der Waals surface area contributed by atoms with Gasteiger partial charge in [-0.25, -0.2) is 9.36 Å². The van der Waals surface area contributed by atoms with Crippen molar-refractivity contribution in [2.45, 2.75) is 302 Å². The molecule has 0 rings (SSSR count). The molecule has 0 saturated heterocycles. The number of ether oxygens (including phenoxy) is 1. The fourth-order valence-corrected chi connectivity index (χ4v) is 9.20. The van der Waals surface area contributed by atoms with Gasteiger partial charge in [0.1, 0.15) is 12.7 Å². The number of aliphatic hydroxyl groups is 1. The van der Waals surface area contributed by atoms with Crippen LogP contribution < -0.4 is 5.32 Å². The molecule has 0 aliphatic heterocycles. The third-order valence-corrected chi connectivity index (χ3v) is 13.8. The zero-order valence-corrected chi connectivity index (χ0v) is 44.4. The number of hydrogen-bond acceptors (Lipinski definition) is 8. The molecule has 396 valence electrons. The molecule has 0 saturated carbocycles. The van der Waals surface area contributed by atoms with Crippen LogP contribution >= 0.6 is 7.82 Å². The van der Waals surface area contributed by atoms with Crippen molar-refractivity contribution in [1.29, 1.82) is 0 Å². The maximum absolute atomic E-state index is 12.4. The van der Waals surface area contributed by atoms with Crippen molar-refractivity contribution in [3.8, 4) is 0 Å². The summed E-state index contributed by atoms with van der Waals surface area (Å²) in [6.45, 7) is 2.66. The van der Waals surface area contributed by atoms with E-state index in [1.165, 1.54) is 212 Å². The highest BCUT2D eigenvalue weighted by atomic mass is 31.2. The van der Waals surface area contributed by atoms with E-state index in [1.54, 1.807) is 0 Å². The number of unbranched alkanes of at least 4 members (excludes halogenated alkanes) is 38. The maximum Gasteiger partial charge on any atom is 0.472 e. The summed E-state index contributed by atoms with van der Waals surface area (Å²) < 4.78 is 27.0. The van der Waals surface area contributed by atoms with Crippen molar-refractivity contribution in [2.75, 3.05) is 19.8 Å². The van der Waals surface area contributed by atoms with Gasteiger partial charge in [-0.3, -0.25) is 18.6 Å². The van der Waals surface area contributed by atoms with Crippen LogP contribution in [0.15, 0.2) is 12.2 Å². The van der Waals surface area contributed by atoms with Gasteiger partial charge in [-0.1, -0.05) is 251 Å². The predicted octanol–water partition coefficient (Wildman–Crippen LogP) is 16.0. The minimum Gasteiger partial charge on any atom is -0.480 e. The van der Waals surface area contributed by atoms with Gasteiger partial charge in [0, 0.05) is 12.8 Å². The number of carbonyl (C=O) groups excluding carboxylic acids is 2. The number of allylic oxidation sites excluding steroid dienone is 2. The minimum absolute atomic E-state index is 0.152. The molecule has 0 aliphatic carbocycles. The quantitative estimate of drug-likeness (QED) is 0.0199. The SMILES string of the molecule is CCCCCCCC/C=C/CCCCCCCCCCCC(=O)OCC(O)COP(=O)(O)OCC(NC(=O)CCCCCCCCCCCCCCCCCCCCCCCCCC)C(=O)O. The molecule has 0 aromatic rings. The molecule has 0 radical (unpaired) electrons. The van der Waals surface area contributed by atoms with Crippen molar-refractivity contribution in [2.24, 2.45) is 0 Å². The van der Waals surface area contributed by atoms with Crippen molar-refractivity contribution < 1.29 is 47.8 Å². The lowest BCUT2D eigenvalue weighted by atomic mass is 10.0. The van der Waals surface area contributed by atoms with Crippen LogP contribution in [0.1, 0.15) is 290 Å². The molecule has 67 heavy (non-hydrogen) atoms. The Bertz CT molecular complexity index is 1190. The van der Waals surface area contributed by atoms with Gasteiger partial charge in [-0.05, 0) is 38.5 Å². The lowest BCUT2D eigenvalue weighted by molar-refractivity contribution is -0.147. The summed E-state index contributed by atoms with van der Waals surface area (Å²) in [4.78, 5) is 46.2. The molecule has 3 atom stereocenters. The highest BCUT2D eigenvalue weighted by molar-refractivity contribution is 7.47. The number of rotatable bonds is 54. The van der Waals surface area contributed by atoms with Crippen LogP contribution in [0.3, 0.4) is 0 Å². The number of phosphoric ester groups is 1. The van der Waals surface area contributed by atoms with Crippen LogP contribution in [0.2, 0.25) is 0 Å². The Hall–Kier alpha value is -1.78. The average Bonchev–Trinajstić information content (AvgIpc) is 3.31. The van der Waals surface area contributed by atoms with E-state index in [2.05, 4.69) is 31.3 Å². The molecular weight excluding hydrogens is 866 g/mol. The van der Waals surface area contributed by atoms with Crippen molar-refractivity contribution in [3.63, 3.8) is 0 Å². The molecule has 1 amide bonds. The summed E-state index contributed by atoms with van der Waals surface area (Å²) in [5.41, 5.74) is 0. The fourth-order valence-electron chi connectivity index (χ4n) is 8.43. The number of carboxylic acid groups (broad SMARTS) is 1. The smallest absolute Gasteiger partial charge is 0.472 e. The van der Waals surface area contributed by atoms with E-state index in [9.17, 15) is 34.1 Å². The average molecular weight is 972 g/mol. The Morgan fingerprint density at radius 3 is 1.13 bits per heavy atom. The normalized spacial score (nSPS) is 13.5. The number of carbonyl (C=O) groups is 3. The lowest BCUT2D eigenvalue weighted by Gasteiger charge is -2.18. The fraction of sp³-hybridized carbons (Fsp3) is 0.909. The van der Waals surface area contributed by atoms with Crippen LogP contribution in [0, 0.1) is 0 Å². The second-order valence-electron chi connectivity index (χ2n) is 19.5. The summed E-state index contributed by atoms with van der Waals surface area (Å²) in [5.74, 6) is -2.35. The first-order valence-corrected chi connectivity index (χ1v) is 29.7. The Kier molecular flexibility index (Phi) is 49.3. The predicted molar refractivity (Wildman–Crippen MR) is 277 cm³/mol. The van der Waals surface area contributed by atoms with E-state index in [0.29, 0.717) is 12.8 Å². The van der Waals surface area contributed by atoms with Gasteiger partial charge in [-0.15, -0.1) is 0 Å². The first-order chi connectivity index (χ1) is 32.6. The summed E-state index contributed by atoms with van der Waals surface area (Å²) in [7, 11) is -4.76. The van der Waals surface area contributed by atoms with Gasteiger partial charge in [0.25, 0.3) is 0 Å². The number of carboxylic acids is 1.